The van der Waals surface area contributed by atoms with Crippen LogP contribution in [0.2, 0.25) is 0 Å². The fraction of sp³-hybridized carbons (Fsp3) is 0.550. The molecule has 8 nitrogen and oxygen atoms in total. The maximum Gasteiger partial charge on any atom is 0.325 e. The number of esters is 1. The molecule has 3 atom stereocenters. The minimum Gasteiger partial charge on any atom is -0.454 e. The van der Waals surface area contributed by atoms with E-state index < -0.39 is 11.9 Å². The predicted octanol–water partition coefficient (Wildman–Crippen LogP) is 1.63. The molecule has 1 heterocycles. The summed E-state index contributed by atoms with van der Waals surface area (Å²) in [5.74, 6) is 0.588. The first-order valence-electron chi connectivity index (χ1n) is 9.57. The highest BCUT2D eigenvalue weighted by molar-refractivity contribution is 5.96. The van der Waals surface area contributed by atoms with Gasteiger partial charge >= 0.3 is 5.97 Å². The number of benzene rings is 1. The van der Waals surface area contributed by atoms with Crippen LogP contribution >= 0.6 is 0 Å². The van der Waals surface area contributed by atoms with Crippen molar-refractivity contribution in [1.82, 2.24) is 10.6 Å². The van der Waals surface area contributed by atoms with E-state index in [1.807, 2.05) is 0 Å². The Balaban J connectivity index is 1.38. The lowest BCUT2D eigenvalue weighted by atomic mass is 9.78. The van der Waals surface area contributed by atoms with Crippen LogP contribution in [-0.2, 0) is 14.3 Å². The molecule has 0 aromatic heterocycles. The van der Waals surface area contributed by atoms with Crippen molar-refractivity contribution in [3.8, 4) is 11.5 Å². The van der Waals surface area contributed by atoms with Crippen LogP contribution in [0, 0.1) is 11.8 Å². The van der Waals surface area contributed by atoms with Gasteiger partial charge in [0, 0.05) is 11.6 Å². The van der Waals surface area contributed by atoms with E-state index in [9.17, 15) is 14.4 Å². The molecule has 0 spiro atoms. The van der Waals surface area contributed by atoms with E-state index in [2.05, 4.69) is 24.5 Å². The summed E-state index contributed by atoms with van der Waals surface area (Å²) in [6.45, 7) is 3.76. The van der Waals surface area contributed by atoms with Crippen LogP contribution < -0.4 is 20.1 Å². The van der Waals surface area contributed by atoms with Crippen molar-refractivity contribution in [2.75, 3.05) is 19.9 Å². The molecule has 0 unspecified atom stereocenters. The Hall–Kier alpha value is -2.77. The molecular formula is C20H26N2O6. The zero-order valence-corrected chi connectivity index (χ0v) is 16.2. The lowest BCUT2D eigenvalue weighted by Gasteiger charge is -2.34. The molecule has 28 heavy (non-hydrogen) atoms. The molecule has 2 N–H and O–H groups in total. The quantitative estimate of drug-likeness (QED) is 0.716. The van der Waals surface area contributed by atoms with E-state index in [0.29, 0.717) is 28.9 Å². The molecule has 0 radical (unpaired) electrons. The summed E-state index contributed by atoms with van der Waals surface area (Å²) in [4.78, 5) is 36.0. The number of hydrogen-bond donors (Lipinski definition) is 2. The van der Waals surface area contributed by atoms with E-state index in [0.717, 1.165) is 12.8 Å². The second-order valence-corrected chi connectivity index (χ2v) is 7.35. The van der Waals surface area contributed by atoms with Gasteiger partial charge in [0.2, 0.25) is 6.79 Å². The van der Waals surface area contributed by atoms with E-state index in [-0.39, 0.29) is 31.9 Å². The van der Waals surface area contributed by atoms with Gasteiger partial charge in [0.15, 0.2) is 18.1 Å². The van der Waals surface area contributed by atoms with E-state index in [1.165, 1.54) is 6.42 Å². The van der Waals surface area contributed by atoms with Gasteiger partial charge in [-0.25, -0.2) is 0 Å². The number of rotatable bonds is 6. The second-order valence-electron chi connectivity index (χ2n) is 7.35. The monoisotopic (exact) mass is 390 g/mol. The minimum absolute atomic E-state index is 0.112. The number of carbonyl (C=O) groups is 3. The van der Waals surface area contributed by atoms with E-state index >= 15 is 0 Å². The van der Waals surface area contributed by atoms with Crippen LogP contribution in [0.25, 0.3) is 0 Å². The van der Waals surface area contributed by atoms with Crippen LogP contribution in [-0.4, -0.2) is 43.8 Å². The first-order valence-corrected chi connectivity index (χ1v) is 9.57. The van der Waals surface area contributed by atoms with Gasteiger partial charge in [0.25, 0.3) is 11.8 Å². The Kier molecular flexibility index (Phi) is 6.38. The van der Waals surface area contributed by atoms with Crippen molar-refractivity contribution in [3.05, 3.63) is 23.8 Å². The predicted molar refractivity (Wildman–Crippen MR) is 100.0 cm³/mol. The Bertz CT molecular complexity index is 750. The van der Waals surface area contributed by atoms with Crippen LogP contribution in [0.5, 0.6) is 11.5 Å². The normalized spacial score (nSPS) is 23.0. The standard InChI is InChI=1S/C20H26N2O6/c1-12-4-3-5-15(13(12)2)22-18(23)10-26-19(24)9-21-20(25)14-6-7-16-17(8-14)28-11-27-16/h6-8,12-13,15H,3-5,9-11H2,1-2H3,(H,21,25)(H,22,23)/t12-,13+,15+/m0/s1. The molecule has 1 fully saturated rings. The molecule has 1 aliphatic carbocycles. The van der Waals surface area contributed by atoms with Gasteiger partial charge in [-0.15, -0.1) is 0 Å². The van der Waals surface area contributed by atoms with Crippen LogP contribution in [0.4, 0.5) is 0 Å². The van der Waals surface area contributed by atoms with Crippen molar-refractivity contribution in [3.63, 3.8) is 0 Å². The fourth-order valence-corrected chi connectivity index (χ4v) is 3.52. The SMILES string of the molecule is C[C@@H]1[C@@H](C)CCC[C@H]1NC(=O)COC(=O)CNC(=O)c1ccc2c(c1)OCO2. The van der Waals surface area contributed by atoms with E-state index in [4.69, 9.17) is 14.2 Å². The Morgan fingerprint density at radius 3 is 2.75 bits per heavy atom. The Morgan fingerprint density at radius 1 is 1.14 bits per heavy atom. The summed E-state index contributed by atoms with van der Waals surface area (Å²) >= 11 is 0. The highest BCUT2D eigenvalue weighted by Gasteiger charge is 2.28. The number of carbonyl (C=O) groups excluding carboxylic acids is 3. The van der Waals surface area contributed by atoms with Crippen molar-refractivity contribution in [2.24, 2.45) is 11.8 Å². The van der Waals surface area contributed by atoms with Crippen LogP contribution in [0.1, 0.15) is 43.5 Å². The first-order chi connectivity index (χ1) is 13.4. The molecule has 2 amide bonds. The molecule has 1 aliphatic heterocycles. The largest absolute Gasteiger partial charge is 0.454 e. The fourth-order valence-electron chi connectivity index (χ4n) is 3.52. The van der Waals surface area contributed by atoms with Gasteiger partial charge < -0.3 is 24.8 Å². The maximum atomic E-state index is 12.1. The zero-order valence-electron chi connectivity index (χ0n) is 16.2. The second kappa shape index (κ2) is 8.95. The van der Waals surface area contributed by atoms with E-state index in [1.54, 1.807) is 18.2 Å². The summed E-state index contributed by atoms with van der Waals surface area (Å²) in [6, 6.07) is 4.87. The molecule has 1 aromatic carbocycles. The molecule has 1 aromatic rings. The highest BCUT2D eigenvalue weighted by Crippen LogP contribution is 2.32. The Labute approximate surface area is 163 Å². The first kappa shape index (κ1) is 20.0. The number of fused-ring (bicyclic) bond motifs is 1. The highest BCUT2D eigenvalue weighted by atomic mass is 16.7. The summed E-state index contributed by atoms with van der Waals surface area (Å²) in [6.07, 6.45) is 3.20. The number of amides is 2. The van der Waals surface area contributed by atoms with Gasteiger partial charge in [-0.3, -0.25) is 14.4 Å². The molecule has 8 heteroatoms. The third kappa shape index (κ3) is 4.94. The van der Waals surface area contributed by atoms with Crippen molar-refractivity contribution < 1.29 is 28.6 Å². The van der Waals surface area contributed by atoms with Crippen LogP contribution in [0.3, 0.4) is 0 Å². The van der Waals surface area contributed by atoms with Gasteiger partial charge in [0.1, 0.15) is 6.54 Å². The smallest absolute Gasteiger partial charge is 0.325 e. The topological polar surface area (TPSA) is 103 Å². The summed E-state index contributed by atoms with van der Waals surface area (Å²) < 4.78 is 15.4. The molecule has 0 bridgehead atoms. The summed E-state index contributed by atoms with van der Waals surface area (Å²) in [7, 11) is 0. The van der Waals surface area contributed by atoms with Gasteiger partial charge in [0.05, 0.1) is 0 Å². The van der Waals surface area contributed by atoms with Gasteiger partial charge in [-0.2, -0.15) is 0 Å². The molecule has 3 rings (SSSR count). The average molecular weight is 390 g/mol. The molecule has 0 saturated heterocycles. The Morgan fingerprint density at radius 2 is 1.93 bits per heavy atom. The molecular weight excluding hydrogens is 364 g/mol. The number of ether oxygens (including phenoxy) is 3. The van der Waals surface area contributed by atoms with Crippen molar-refractivity contribution >= 4 is 17.8 Å². The van der Waals surface area contributed by atoms with Crippen molar-refractivity contribution in [1.29, 1.82) is 0 Å². The molecule has 152 valence electrons. The molecule has 2 aliphatic rings. The minimum atomic E-state index is -0.672. The lowest BCUT2D eigenvalue weighted by molar-refractivity contribution is -0.147. The average Bonchev–Trinajstić information content (AvgIpc) is 3.16. The summed E-state index contributed by atoms with van der Waals surface area (Å²) in [5, 5.41) is 5.41. The van der Waals surface area contributed by atoms with Gasteiger partial charge in [-0.05, 0) is 36.5 Å². The van der Waals surface area contributed by atoms with Crippen molar-refractivity contribution in [2.45, 2.75) is 39.2 Å². The van der Waals surface area contributed by atoms with Gasteiger partial charge in [-0.1, -0.05) is 26.7 Å². The molecule has 1 saturated carbocycles. The third-order valence-electron chi connectivity index (χ3n) is 5.45. The maximum absolute atomic E-state index is 12.1. The van der Waals surface area contributed by atoms with Crippen LogP contribution in [0.15, 0.2) is 18.2 Å². The zero-order chi connectivity index (χ0) is 20.1. The lowest BCUT2D eigenvalue weighted by Crippen LogP contribution is -2.45. The number of hydrogen-bond acceptors (Lipinski definition) is 6. The third-order valence-corrected chi connectivity index (χ3v) is 5.45. The summed E-state index contributed by atoms with van der Waals surface area (Å²) in [5.41, 5.74) is 0.343. The number of nitrogens with one attached hydrogen (secondary N) is 2.